The number of para-hydroxylation sites is 1. The summed E-state index contributed by atoms with van der Waals surface area (Å²) in [6, 6.07) is 56.0. The van der Waals surface area contributed by atoms with Crippen LogP contribution in [0.5, 0.6) is 0 Å². The van der Waals surface area contributed by atoms with Gasteiger partial charge in [-0.05, 0) is 73.4 Å². The Bertz CT molecular complexity index is 3420. The lowest BCUT2D eigenvalue weighted by Gasteiger charge is -2.19. The molecular weight excluding hydrogens is 635 g/mol. The second-order valence-corrected chi connectivity index (χ2v) is 13.7. The minimum atomic E-state index is 0.895. The SMILES string of the molecule is c1ccc2c(c1)ccc1oc3c(-c4c5ccccc5c(-c5nc6ccccc6c6nc7ccccn7c56)c5ccccc45)cc4ccccc4c3c12. The Kier molecular flexibility index (Phi) is 5.47. The maximum atomic E-state index is 6.99. The second-order valence-electron chi connectivity index (χ2n) is 13.7. The van der Waals surface area contributed by atoms with Crippen molar-refractivity contribution in [3.05, 3.63) is 164 Å². The Morgan fingerprint density at radius 1 is 0.462 bits per heavy atom. The molecule has 240 valence electrons. The molecule has 0 aliphatic rings. The topological polar surface area (TPSA) is 43.3 Å². The van der Waals surface area contributed by atoms with Crippen LogP contribution < -0.4 is 0 Å². The number of furan rings is 1. The van der Waals surface area contributed by atoms with Crippen LogP contribution in [0.3, 0.4) is 0 Å². The van der Waals surface area contributed by atoms with E-state index in [1.165, 1.54) is 21.5 Å². The highest BCUT2D eigenvalue weighted by molar-refractivity contribution is 6.32. The third kappa shape index (κ3) is 3.65. The van der Waals surface area contributed by atoms with Crippen molar-refractivity contribution in [2.24, 2.45) is 0 Å². The Morgan fingerprint density at radius 2 is 1.06 bits per heavy atom. The predicted molar refractivity (Wildman–Crippen MR) is 216 cm³/mol. The number of imidazole rings is 1. The number of pyridine rings is 2. The average molecular weight is 662 g/mol. The summed E-state index contributed by atoms with van der Waals surface area (Å²) in [4.78, 5) is 10.6. The lowest BCUT2D eigenvalue weighted by Crippen LogP contribution is -1.96. The van der Waals surface area contributed by atoms with E-state index in [-0.39, 0.29) is 0 Å². The van der Waals surface area contributed by atoms with E-state index in [0.717, 1.165) is 93.5 Å². The fraction of sp³-hybridized carbons (Fsp3) is 0. The van der Waals surface area contributed by atoms with Crippen LogP contribution in [-0.2, 0) is 0 Å². The number of aromatic nitrogens is 3. The number of hydrogen-bond acceptors (Lipinski definition) is 3. The van der Waals surface area contributed by atoms with Gasteiger partial charge in [-0.1, -0.05) is 127 Å². The lowest BCUT2D eigenvalue weighted by atomic mass is 9.85. The van der Waals surface area contributed by atoms with Crippen LogP contribution in [0.4, 0.5) is 0 Å². The Balaban J connectivity index is 1.28. The van der Waals surface area contributed by atoms with E-state index in [2.05, 4.69) is 162 Å². The van der Waals surface area contributed by atoms with Crippen molar-refractivity contribution in [1.29, 1.82) is 0 Å². The van der Waals surface area contributed by atoms with Gasteiger partial charge in [-0.25, -0.2) is 9.97 Å². The van der Waals surface area contributed by atoms with E-state index >= 15 is 0 Å². The van der Waals surface area contributed by atoms with Crippen LogP contribution >= 0.6 is 0 Å². The van der Waals surface area contributed by atoms with Crippen LogP contribution in [0.15, 0.2) is 168 Å². The fourth-order valence-electron chi connectivity index (χ4n) is 8.78. The van der Waals surface area contributed by atoms with Crippen molar-refractivity contribution < 1.29 is 4.42 Å². The van der Waals surface area contributed by atoms with Gasteiger partial charge in [0.2, 0.25) is 0 Å². The zero-order valence-electron chi connectivity index (χ0n) is 27.8. The van der Waals surface area contributed by atoms with Crippen LogP contribution in [0.2, 0.25) is 0 Å². The highest BCUT2D eigenvalue weighted by Crippen LogP contribution is 2.50. The van der Waals surface area contributed by atoms with Crippen molar-refractivity contribution in [3.63, 3.8) is 0 Å². The average Bonchev–Trinajstić information content (AvgIpc) is 3.80. The quantitative estimate of drug-likeness (QED) is 0.173. The normalized spacial score (nSPS) is 12.2. The molecular formula is C48H27N3O. The molecule has 52 heavy (non-hydrogen) atoms. The third-order valence-electron chi connectivity index (χ3n) is 10.9. The van der Waals surface area contributed by atoms with E-state index < -0.39 is 0 Å². The molecule has 4 nitrogen and oxygen atoms in total. The largest absolute Gasteiger partial charge is 0.455 e. The number of fused-ring (bicyclic) bond motifs is 14. The minimum absolute atomic E-state index is 0.895. The standard InChI is InChI=1S/C48H27N3O/c1-3-15-30-28(13-1)24-25-39-43(30)44-31-16-4-2-14-29(31)27-37(48(44)52-39)41-32-17-5-7-19-34(32)42(35-20-8-6-18-33(35)41)46-47-45(36-21-9-10-22-38(36)49-46)50-40-23-11-12-26-51(40)47/h1-27H. The summed E-state index contributed by atoms with van der Waals surface area (Å²) >= 11 is 0. The first-order valence-electron chi connectivity index (χ1n) is 17.7. The number of hydrogen-bond donors (Lipinski definition) is 0. The number of benzene rings is 8. The van der Waals surface area contributed by atoms with Gasteiger partial charge in [-0.2, -0.15) is 0 Å². The van der Waals surface area contributed by atoms with Gasteiger partial charge < -0.3 is 4.42 Å². The molecule has 0 saturated heterocycles. The molecule has 4 heteroatoms. The summed E-state index contributed by atoms with van der Waals surface area (Å²) in [5.74, 6) is 0. The number of nitrogens with zero attached hydrogens (tertiary/aromatic N) is 3. The van der Waals surface area contributed by atoms with Gasteiger partial charge in [0.25, 0.3) is 0 Å². The van der Waals surface area contributed by atoms with Crippen LogP contribution in [-0.4, -0.2) is 14.4 Å². The van der Waals surface area contributed by atoms with Gasteiger partial charge in [-0.3, -0.25) is 4.40 Å². The molecule has 0 radical (unpaired) electrons. The predicted octanol–water partition coefficient (Wildman–Crippen LogP) is 12.9. The van der Waals surface area contributed by atoms with Crippen LogP contribution in [0, 0.1) is 0 Å². The second kappa shape index (κ2) is 10.3. The van der Waals surface area contributed by atoms with E-state index in [1.54, 1.807) is 0 Å². The summed E-state index contributed by atoms with van der Waals surface area (Å²) in [6.45, 7) is 0. The van der Waals surface area contributed by atoms with Crippen LogP contribution in [0.1, 0.15) is 0 Å². The summed E-state index contributed by atoms with van der Waals surface area (Å²) in [5, 5.41) is 12.7. The molecule has 0 fully saturated rings. The van der Waals surface area contributed by atoms with Crippen molar-refractivity contribution in [3.8, 4) is 22.4 Å². The molecule has 8 aromatic carbocycles. The van der Waals surface area contributed by atoms with Gasteiger partial charge in [0.05, 0.1) is 11.2 Å². The van der Waals surface area contributed by atoms with Crippen LogP contribution in [0.25, 0.3) is 115 Å². The molecule has 0 amide bonds. The molecule has 12 rings (SSSR count). The third-order valence-corrected chi connectivity index (χ3v) is 10.9. The molecule has 0 N–H and O–H groups in total. The number of rotatable bonds is 2. The fourth-order valence-corrected chi connectivity index (χ4v) is 8.78. The Labute approximate surface area is 296 Å². The van der Waals surface area contributed by atoms with Crippen molar-refractivity contribution in [2.45, 2.75) is 0 Å². The maximum absolute atomic E-state index is 6.99. The van der Waals surface area contributed by atoms with Crippen molar-refractivity contribution in [1.82, 2.24) is 14.4 Å². The van der Waals surface area contributed by atoms with Gasteiger partial charge in [-0.15, -0.1) is 0 Å². The zero-order chi connectivity index (χ0) is 33.9. The van der Waals surface area contributed by atoms with E-state index in [1.807, 2.05) is 6.07 Å². The highest BCUT2D eigenvalue weighted by Gasteiger charge is 2.25. The molecule has 12 aromatic rings. The Hall–Kier alpha value is -7.04. The molecule has 0 aliphatic heterocycles. The lowest BCUT2D eigenvalue weighted by molar-refractivity contribution is 0.670. The molecule has 4 aromatic heterocycles. The molecule has 0 bridgehead atoms. The van der Waals surface area contributed by atoms with Gasteiger partial charge in [0.1, 0.15) is 27.8 Å². The summed E-state index contributed by atoms with van der Waals surface area (Å²) < 4.78 is 9.17. The molecule has 4 heterocycles. The first-order chi connectivity index (χ1) is 25.8. The first-order valence-corrected chi connectivity index (χ1v) is 17.7. The van der Waals surface area contributed by atoms with E-state index in [4.69, 9.17) is 14.4 Å². The van der Waals surface area contributed by atoms with Gasteiger partial charge >= 0.3 is 0 Å². The van der Waals surface area contributed by atoms with Crippen molar-refractivity contribution in [2.75, 3.05) is 0 Å². The molecule has 0 atom stereocenters. The van der Waals surface area contributed by atoms with E-state index in [0.29, 0.717) is 0 Å². The smallest absolute Gasteiger partial charge is 0.143 e. The zero-order valence-corrected chi connectivity index (χ0v) is 27.8. The van der Waals surface area contributed by atoms with Gasteiger partial charge in [0, 0.05) is 39.0 Å². The van der Waals surface area contributed by atoms with E-state index in [9.17, 15) is 0 Å². The maximum Gasteiger partial charge on any atom is 0.143 e. The van der Waals surface area contributed by atoms with Gasteiger partial charge in [0.15, 0.2) is 0 Å². The minimum Gasteiger partial charge on any atom is -0.455 e. The Morgan fingerprint density at radius 3 is 1.81 bits per heavy atom. The summed E-state index contributed by atoms with van der Waals surface area (Å²) in [6.07, 6.45) is 2.10. The summed E-state index contributed by atoms with van der Waals surface area (Å²) in [7, 11) is 0. The first kappa shape index (κ1) is 27.7. The summed E-state index contributed by atoms with van der Waals surface area (Å²) in [5.41, 5.74) is 9.85. The molecule has 0 saturated carbocycles. The molecule has 0 aliphatic carbocycles. The van der Waals surface area contributed by atoms with Crippen molar-refractivity contribution >= 4 is 92.6 Å². The molecule has 0 unspecified atom stereocenters. The highest BCUT2D eigenvalue weighted by atomic mass is 16.3. The molecule has 0 spiro atoms. The monoisotopic (exact) mass is 661 g/mol.